The molecule has 2 aromatic heterocycles. The second-order valence-corrected chi connectivity index (χ2v) is 8.14. The van der Waals surface area contributed by atoms with Crippen LogP contribution in [0, 0.1) is 0 Å². The molecule has 0 spiro atoms. The average molecular weight is 446 g/mol. The van der Waals surface area contributed by atoms with E-state index in [1.807, 2.05) is 23.6 Å². The number of aryl methyl sites for hydroxylation is 1. The molecule has 0 atom stereocenters. The van der Waals surface area contributed by atoms with Gasteiger partial charge in [-0.25, -0.2) is 4.98 Å². The van der Waals surface area contributed by atoms with Gasteiger partial charge in [-0.3, -0.25) is 9.59 Å². The Hall–Kier alpha value is -3.71. The van der Waals surface area contributed by atoms with Gasteiger partial charge in [-0.05, 0) is 41.8 Å². The number of hydrogen-bond donors (Lipinski definition) is 2. The van der Waals surface area contributed by atoms with Crippen LogP contribution in [0.2, 0.25) is 0 Å². The van der Waals surface area contributed by atoms with Crippen LogP contribution in [0.4, 0.5) is 5.69 Å². The highest BCUT2D eigenvalue weighted by atomic mass is 32.1. The molecule has 0 fully saturated rings. The number of hydrogen-bond acceptors (Lipinski definition) is 5. The number of anilines is 1. The highest BCUT2D eigenvalue weighted by Gasteiger charge is 2.11. The van der Waals surface area contributed by atoms with E-state index in [1.54, 1.807) is 29.5 Å². The Kier molecular flexibility index (Phi) is 6.77. The predicted molar refractivity (Wildman–Crippen MR) is 126 cm³/mol. The summed E-state index contributed by atoms with van der Waals surface area (Å²) in [5.74, 6) is -0.180. The van der Waals surface area contributed by atoms with Crippen molar-refractivity contribution in [3.63, 3.8) is 0 Å². The third kappa shape index (κ3) is 5.50. The van der Waals surface area contributed by atoms with Gasteiger partial charge in [0.2, 0.25) is 5.91 Å². The van der Waals surface area contributed by atoms with Crippen LogP contribution < -0.4 is 10.6 Å². The molecule has 6 nitrogen and oxygen atoms in total. The van der Waals surface area contributed by atoms with Crippen LogP contribution in [0.25, 0.3) is 10.6 Å². The lowest BCUT2D eigenvalue weighted by Gasteiger charge is -2.08. The van der Waals surface area contributed by atoms with Gasteiger partial charge < -0.3 is 15.1 Å². The maximum atomic E-state index is 12.4. The van der Waals surface area contributed by atoms with E-state index in [0.29, 0.717) is 12.2 Å². The molecule has 0 saturated carbocycles. The van der Waals surface area contributed by atoms with E-state index in [0.717, 1.165) is 28.2 Å². The fraction of sp³-hybridized carbons (Fsp3) is 0.160. The molecule has 32 heavy (non-hydrogen) atoms. The minimum atomic E-state index is -0.320. The molecule has 4 rings (SSSR count). The van der Waals surface area contributed by atoms with Crippen LogP contribution in [0.3, 0.4) is 0 Å². The highest BCUT2D eigenvalue weighted by molar-refractivity contribution is 7.13. The molecule has 0 saturated heterocycles. The molecule has 2 heterocycles. The Morgan fingerprint density at radius 1 is 1.03 bits per heavy atom. The monoisotopic (exact) mass is 445 g/mol. The summed E-state index contributed by atoms with van der Waals surface area (Å²) in [7, 11) is 0. The van der Waals surface area contributed by atoms with Crippen LogP contribution in [-0.2, 0) is 24.2 Å². The maximum absolute atomic E-state index is 12.4. The highest BCUT2D eigenvalue weighted by Crippen LogP contribution is 2.24. The summed E-state index contributed by atoms with van der Waals surface area (Å²) in [6.07, 6.45) is 2.68. The summed E-state index contributed by atoms with van der Waals surface area (Å²) < 4.78 is 5.10. The van der Waals surface area contributed by atoms with Gasteiger partial charge in [-0.2, -0.15) is 0 Å². The molecule has 0 aliphatic heterocycles. The topological polar surface area (TPSA) is 84.2 Å². The molecule has 2 N–H and O–H groups in total. The van der Waals surface area contributed by atoms with Crippen molar-refractivity contribution in [1.82, 2.24) is 10.3 Å². The van der Waals surface area contributed by atoms with Gasteiger partial charge in [0.1, 0.15) is 5.01 Å². The van der Waals surface area contributed by atoms with Gasteiger partial charge in [-0.15, -0.1) is 11.3 Å². The second-order valence-electron chi connectivity index (χ2n) is 7.28. The number of rotatable bonds is 8. The zero-order valence-electron chi connectivity index (χ0n) is 17.6. The SMILES string of the molecule is CCc1ccc(-c2nc(CC(=O)NCc3cccc(NC(=O)c4ccco4)c3)cs2)cc1. The minimum Gasteiger partial charge on any atom is -0.459 e. The summed E-state index contributed by atoms with van der Waals surface area (Å²) in [6, 6.07) is 18.9. The van der Waals surface area contributed by atoms with Crippen molar-refractivity contribution in [3.8, 4) is 10.6 Å². The molecule has 0 unspecified atom stereocenters. The van der Waals surface area contributed by atoms with Crippen LogP contribution in [0.1, 0.15) is 34.3 Å². The Balaban J connectivity index is 1.30. The Morgan fingerprint density at radius 3 is 2.62 bits per heavy atom. The average Bonchev–Trinajstić information content (AvgIpc) is 3.51. The van der Waals surface area contributed by atoms with E-state index >= 15 is 0 Å². The zero-order chi connectivity index (χ0) is 22.3. The van der Waals surface area contributed by atoms with Crippen LogP contribution in [0.15, 0.2) is 76.7 Å². The summed E-state index contributed by atoms with van der Waals surface area (Å²) in [6.45, 7) is 2.49. The largest absolute Gasteiger partial charge is 0.459 e. The molecule has 0 radical (unpaired) electrons. The molecule has 0 aliphatic rings. The number of nitrogens with zero attached hydrogens (tertiary/aromatic N) is 1. The normalized spacial score (nSPS) is 10.7. The van der Waals surface area contributed by atoms with E-state index < -0.39 is 0 Å². The van der Waals surface area contributed by atoms with Gasteiger partial charge in [0.05, 0.1) is 18.4 Å². The Morgan fingerprint density at radius 2 is 1.88 bits per heavy atom. The van der Waals surface area contributed by atoms with E-state index in [-0.39, 0.29) is 24.0 Å². The summed E-state index contributed by atoms with van der Waals surface area (Å²) in [5, 5.41) is 8.53. The first-order valence-corrected chi connectivity index (χ1v) is 11.2. The van der Waals surface area contributed by atoms with Gasteiger partial charge in [0, 0.05) is 23.2 Å². The van der Waals surface area contributed by atoms with E-state index in [4.69, 9.17) is 4.42 Å². The number of benzene rings is 2. The van der Waals surface area contributed by atoms with Crippen LogP contribution in [-0.4, -0.2) is 16.8 Å². The fourth-order valence-corrected chi connectivity index (χ4v) is 4.02. The van der Waals surface area contributed by atoms with Gasteiger partial charge in [-0.1, -0.05) is 43.3 Å². The number of nitrogens with one attached hydrogen (secondary N) is 2. The molecular formula is C25H23N3O3S. The van der Waals surface area contributed by atoms with Crippen molar-refractivity contribution in [1.29, 1.82) is 0 Å². The number of furan rings is 1. The van der Waals surface area contributed by atoms with Crippen LogP contribution in [0.5, 0.6) is 0 Å². The summed E-state index contributed by atoms with van der Waals surface area (Å²) in [5.41, 5.74) is 4.62. The van der Waals surface area contributed by atoms with Crippen molar-refractivity contribution in [3.05, 3.63) is 94.9 Å². The summed E-state index contributed by atoms with van der Waals surface area (Å²) in [4.78, 5) is 29.1. The first-order valence-electron chi connectivity index (χ1n) is 10.3. The number of aromatic nitrogens is 1. The quantitative estimate of drug-likeness (QED) is 0.396. The molecular weight excluding hydrogens is 422 g/mol. The van der Waals surface area contributed by atoms with Gasteiger partial charge in [0.25, 0.3) is 5.91 Å². The van der Waals surface area contributed by atoms with E-state index in [2.05, 4.69) is 46.8 Å². The summed E-state index contributed by atoms with van der Waals surface area (Å²) >= 11 is 1.54. The molecule has 0 bridgehead atoms. The number of carbonyl (C=O) groups is 2. The molecule has 2 amide bonds. The predicted octanol–water partition coefficient (Wildman–Crippen LogP) is 5.08. The Labute approximate surface area is 190 Å². The third-order valence-corrected chi connectivity index (χ3v) is 5.86. The number of amides is 2. The van der Waals surface area contributed by atoms with E-state index in [1.165, 1.54) is 11.8 Å². The molecule has 2 aromatic carbocycles. The molecule has 7 heteroatoms. The van der Waals surface area contributed by atoms with Crippen molar-refractivity contribution in [2.45, 2.75) is 26.3 Å². The minimum absolute atomic E-state index is 0.104. The van der Waals surface area contributed by atoms with Gasteiger partial charge in [0.15, 0.2) is 5.76 Å². The van der Waals surface area contributed by atoms with Crippen LogP contribution >= 0.6 is 11.3 Å². The Bertz CT molecular complexity index is 1200. The smallest absolute Gasteiger partial charge is 0.291 e. The molecule has 4 aromatic rings. The lowest BCUT2D eigenvalue weighted by Crippen LogP contribution is -2.24. The standard InChI is InChI=1S/C25H23N3O3S/c1-2-17-8-10-19(11-9-17)25-28-21(16-32-25)14-23(29)26-15-18-5-3-6-20(13-18)27-24(30)22-7-4-12-31-22/h3-13,16H,2,14-15H2,1H3,(H,26,29)(H,27,30). The van der Waals surface area contributed by atoms with Crippen molar-refractivity contribution in [2.24, 2.45) is 0 Å². The molecule has 162 valence electrons. The lowest BCUT2D eigenvalue weighted by molar-refractivity contribution is -0.120. The molecule has 0 aliphatic carbocycles. The van der Waals surface area contributed by atoms with Crippen molar-refractivity contribution >= 4 is 28.8 Å². The third-order valence-electron chi connectivity index (χ3n) is 4.92. The fourth-order valence-electron chi connectivity index (χ4n) is 3.19. The lowest BCUT2D eigenvalue weighted by atomic mass is 10.1. The van der Waals surface area contributed by atoms with Crippen molar-refractivity contribution < 1.29 is 14.0 Å². The first kappa shape index (κ1) is 21.5. The second kappa shape index (κ2) is 10.1. The van der Waals surface area contributed by atoms with Crippen molar-refractivity contribution in [2.75, 3.05) is 5.32 Å². The van der Waals surface area contributed by atoms with Gasteiger partial charge >= 0.3 is 0 Å². The zero-order valence-corrected chi connectivity index (χ0v) is 18.4. The first-order chi connectivity index (χ1) is 15.6. The maximum Gasteiger partial charge on any atom is 0.291 e. The number of carbonyl (C=O) groups excluding carboxylic acids is 2. The van der Waals surface area contributed by atoms with E-state index in [9.17, 15) is 9.59 Å². The number of thiazole rings is 1.